The standard InChI is InChI=1S/C21H40O3/c1-4-6-7-8-9-10-11-12-13-14-15-16-17-19(22)21(3,5-2)18-20(23)24/h4-18H2,1-3H3,(H,23,24). The van der Waals surface area contributed by atoms with Gasteiger partial charge in [-0.2, -0.15) is 0 Å². The van der Waals surface area contributed by atoms with E-state index in [1.165, 1.54) is 64.2 Å². The Morgan fingerprint density at radius 2 is 1.17 bits per heavy atom. The van der Waals surface area contributed by atoms with Crippen molar-refractivity contribution >= 4 is 11.8 Å². The minimum absolute atomic E-state index is 0.0411. The first-order valence-corrected chi connectivity index (χ1v) is 10.2. The van der Waals surface area contributed by atoms with Crippen LogP contribution in [0.3, 0.4) is 0 Å². The first-order valence-electron chi connectivity index (χ1n) is 10.2. The highest BCUT2D eigenvalue weighted by atomic mass is 16.4. The zero-order valence-electron chi connectivity index (χ0n) is 16.4. The van der Waals surface area contributed by atoms with Crippen molar-refractivity contribution in [2.24, 2.45) is 5.41 Å². The lowest BCUT2D eigenvalue weighted by Crippen LogP contribution is -2.29. The number of aliphatic carboxylic acids is 1. The molecule has 1 atom stereocenters. The maximum Gasteiger partial charge on any atom is 0.304 e. The van der Waals surface area contributed by atoms with Gasteiger partial charge in [-0.05, 0) is 12.8 Å². The molecular formula is C21H40O3. The summed E-state index contributed by atoms with van der Waals surface area (Å²) in [6.07, 6.45) is 16.5. The predicted molar refractivity (Wildman–Crippen MR) is 101 cm³/mol. The van der Waals surface area contributed by atoms with Crippen molar-refractivity contribution in [2.45, 2.75) is 117 Å². The summed E-state index contributed by atoms with van der Waals surface area (Å²) in [5, 5.41) is 8.95. The van der Waals surface area contributed by atoms with E-state index in [0.717, 1.165) is 12.8 Å². The Bertz CT molecular complexity index is 338. The molecule has 0 radical (unpaired) electrons. The fraction of sp³-hybridized carbons (Fsp3) is 0.905. The van der Waals surface area contributed by atoms with Gasteiger partial charge in [0, 0.05) is 11.8 Å². The van der Waals surface area contributed by atoms with Gasteiger partial charge in [0.15, 0.2) is 0 Å². The number of hydrogen-bond donors (Lipinski definition) is 1. The molecule has 3 heteroatoms. The highest BCUT2D eigenvalue weighted by molar-refractivity contribution is 5.88. The number of carbonyl (C=O) groups is 2. The maximum absolute atomic E-state index is 12.3. The Morgan fingerprint density at radius 1 is 0.750 bits per heavy atom. The van der Waals surface area contributed by atoms with Gasteiger partial charge < -0.3 is 5.11 Å². The number of Topliss-reactive ketones (excluding diaryl/α,β-unsaturated/α-hetero) is 1. The molecule has 0 bridgehead atoms. The predicted octanol–water partition coefficient (Wildman–Crippen LogP) is 6.54. The molecule has 24 heavy (non-hydrogen) atoms. The number of carboxylic acid groups (broad SMARTS) is 1. The normalized spacial score (nSPS) is 13.6. The van der Waals surface area contributed by atoms with Crippen LogP contribution in [0.1, 0.15) is 117 Å². The molecule has 0 aromatic heterocycles. The van der Waals surface area contributed by atoms with Crippen molar-refractivity contribution in [3.63, 3.8) is 0 Å². The molecule has 0 heterocycles. The summed E-state index contributed by atoms with van der Waals surface area (Å²) < 4.78 is 0. The van der Waals surface area contributed by atoms with Crippen LogP contribution in [0.25, 0.3) is 0 Å². The third-order valence-corrected chi connectivity index (χ3v) is 5.25. The van der Waals surface area contributed by atoms with Gasteiger partial charge in [-0.25, -0.2) is 0 Å². The Labute approximate surface area is 149 Å². The van der Waals surface area contributed by atoms with Crippen molar-refractivity contribution in [1.82, 2.24) is 0 Å². The van der Waals surface area contributed by atoms with E-state index >= 15 is 0 Å². The largest absolute Gasteiger partial charge is 0.481 e. The van der Waals surface area contributed by atoms with Crippen LogP contribution in [0.5, 0.6) is 0 Å². The van der Waals surface area contributed by atoms with Crippen LogP contribution >= 0.6 is 0 Å². The van der Waals surface area contributed by atoms with Crippen molar-refractivity contribution in [3.8, 4) is 0 Å². The lowest BCUT2D eigenvalue weighted by atomic mass is 9.78. The van der Waals surface area contributed by atoms with Gasteiger partial charge in [0.1, 0.15) is 5.78 Å². The van der Waals surface area contributed by atoms with Gasteiger partial charge in [-0.3, -0.25) is 9.59 Å². The maximum atomic E-state index is 12.3. The quantitative estimate of drug-likeness (QED) is 0.306. The first-order chi connectivity index (χ1) is 11.5. The number of ketones is 1. The van der Waals surface area contributed by atoms with E-state index in [9.17, 15) is 9.59 Å². The average Bonchev–Trinajstić information content (AvgIpc) is 2.54. The van der Waals surface area contributed by atoms with E-state index in [4.69, 9.17) is 5.11 Å². The summed E-state index contributed by atoms with van der Waals surface area (Å²) in [7, 11) is 0. The van der Waals surface area contributed by atoms with Gasteiger partial charge in [0.2, 0.25) is 0 Å². The Balaban J connectivity index is 3.55. The Morgan fingerprint density at radius 3 is 1.54 bits per heavy atom. The van der Waals surface area contributed by atoms with Crippen LogP contribution < -0.4 is 0 Å². The molecule has 142 valence electrons. The van der Waals surface area contributed by atoms with Crippen LogP contribution in [0.15, 0.2) is 0 Å². The zero-order valence-corrected chi connectivity index (χ0v) is 16.4. The third kappa shape index (κ3) is 11.6. The Kier molecular flexibility index (Phi) is 14.0. The lowest BCUT2D eigenvalue weighted by Gasteiger charge is -2.24. The van der Waals surface area contributed by atoms with Crippen molar-refractivity contribution < 1.29 is 14.7 Å². The van der Waals surface area contributed by atoms with E-state index < -0.39 is 11.4 Å². The monoisotopic (exact) mass is 340 g/mol. The molecule has 0 aromatic carbocycles. The summed E-state index contributed by atoms with van der Waals surface area (Å²) in [4.78, 5) is 23.2. The molecule has 0 amide bonds. The van der Waals surface area contributed by atoms with Crippen LogP contribution in [0.2, 0.25) is 0 Å². The second kappa shape index (κ2) is 14.5. The number of rotatable bonds is 17. The van der Waals surface area contributed by atoms with Gasteiger partial charge in [0.05, 0.1) is 6.42 Å². The lowest BCUT2D eigenvalue weighted by molar-refractivity contribution is -0.144. The summed E-state index contributed by atoms with van der Waals surface area (Å²) in [5.74, 6) is -0.748. The zero-order chi connectivity index (χ0) is 18.3. The molecule has 1 N–H and O–H groups in total. The van der Waals surface area contributed by atoms with Gasteiger partial charge in [0.25, 0.3) is 0 Å². The number of hydrogen-bond acceptors (Lipinski definition) is 2. The summed E-state index contributed by atoms with van der Waals surface area (Å²) >= 11 is 0. The van der Waals surface area contributed by atoms with Crippen molar-refractivity contribution in [1.29, 1.82) is 0 Å². The summed E-state index contributed by atoms with van der Waals surface area (Å²) in [6, 6.07) is 0. The SMILES string of the molecule is CCCCCCCCCCCCCCC(=O)C(C)(CC)CC(=O)O. The Hall–Kier alpha value is -0.860. The molecule has 0 aliphatic heterocycles. The third-order valence-electron chi connectivity index (χ3n) is 5.25. The minimum Gasteiger partial charge on any atom is -0.481 e. The van der Waals surface area contributed by atoms with E-state index in [-0.39, 0.29) is 12.2 Å². The molecule has 0 fully saturated rings. The average molecular weight is 341 g/mol. The van der Waals surface area contributed by atoms with Crippen LogP contribution in [0, 0.1) is 5.41 Å². The smallest absolute Gasteiger partial charge is 0.304 e. The van der Waals surface area contributed by atoms with Crippen molar-refractivity contribution in [2.75, 3.05) is 0 Å². The molecule has 1 unspecified atom stereocenters. The van der Waals surface area contributed by atoms with Crippen LogP contribution in [-0.2, 0) is 9.59 Å². The van der Waals surface area contributed by atoms with E-state index in [0.29, 0.717) is 12.8 Å². The minimum atomic E-state index is -0.873. The van der Waals surface area contributed by atoms with Gasteiger partial charge in [-0.15, -0.1) is 0 Å². The molecule has 0 aromatic rings. The molecule has 0 rings (SSSR count). The molecular weight excluding hydrogens is 300 g/mol. The molecule has 0 spiro atoms. The molecule has 0 aliphatic carbocycles. The topological polar surface area (TPSA) is 54.4 Å². The second-order valence-electron chi connectivity index (χ2n) is 7.55. The van der Waals surface area contributed by atoms with Crippen molar-refractivity contribution in [3.05, 3.63) is 0 Å². The van der Waals surface area contributed by atoms with E-state index in [1.807, 2.05) is 6.92 Å². The first kappa shape index (κ1) is 23.1. The van der Waals surface area contributed by atoms with E-state index in [2.05, 4.69) is 6.92 Å². The second-order valence-corrected chi connectivity index (χ2v) is 7.55. The van der Waals surface area contributed by atoms with E-state index in [1.54, 1.807) is 6.92 Å². The number of unbranched alkanes of at least 4 members (excludes halogenated alkanes) is 11. The highest BCUT2D eigenvalue weighted by Gasteiger charge is 2.32. The summed E-state index contributed by atoms with van der Waals surface area (Å²) in [5.41, 5.74) is -0.677. The molecule has 3 nitrogen and oxygen atoms in total. The highest BCUT2D eigenvalue weighted by Crippen LogP contribution is 2.29. The molecule has 0 aliphatic rings. The van der Waals surface area contributed by atoms with Gasteiger partial charge >= 0.3 is 5.97 Å². The number of carbonyl (C=O) groups excluding carboxylic acids is 1. The number of carboxylic acids is 1. The fourth-order valence-electron chi connectivity index (χ4n) is 3.18. The summed E-state index contributed by atoms with van der Waals surface area (Å²) in [6.45, 7) is 5.95. The molecule has 0 saturated carbocycles. The molecule has 0 saturated heterocycles. The van der Waals surface area contributed by atoms with Crippen LogP contribution in [0.4, 0.5) is 0 Å². The fourth-order valence-corrected chi connectivity index (χ4v) is 3.18. The van der Waals surface area contributed by atoms with Crippen LogP contribution in [-0.4, -0.2) is 16.9 Å². The van der Waals surface area contributed by atoms with Gasteiger partial charge in [-0.1, -0.05) is 91.4 Å².